The van der Waals surface area contributed by atoms with Crippen LogP contribution in [0, 0.1) is 0 Å². The van der Waals surface area contributed by atoms with Crippen molar-refractivity contribution in [3.05, 3.63) is 60.2 Å². The van der Waals surface area contributed by atoms with Gasteiger partial charge >= 0.3 is 0 Å². The molecule has 0 atom stereocenters. The van der Waals surface area contributed by atoms with Crippen LogP contribution in [0.15, 0.2) is 54.6 Å². The highest BCUT2D eigenvalue weighted by Gasteiger charge is 2.01. The van der Waals surface area contributed by atoms with E-state index in [1.807, 2.05) is 36.4 Å². The van der Waals surface area contributed by atoms with Gasteiger partial charge in [0, 0.05) is 5.56 Å². The Morgan fingerprint density at radius 1 is 0.938 bits per heavy atom. The Bertz CT molecular complexity index is 494. The van der Waals surface area contributed by atoms with Gasteiger partial charge in [-0.15, -0.1) is 0 Å². The first kappa shape index (κ1) is 10.8. The number of benzene rings is 2. The molecular formula is C13H12N2S. The van der Waals surface area contributed by atoms with Crippen LogP contribution < -0.4 is 11.3 Å². The van der Waals surface area contributed by atoms with Crippen molar-refractivity contribution in [2.45, 2.75) is 0 Å². The van der Waals surface area contributed by atoms with Gasteiger partial charge in [0.25, 0.3) is 0 Å². The molecule has 0 bridgehead atoms. The minimum Gasteiger partial charge on any atom is -0.314 e. The number of hydrogen-bond donors (Lipinski definition) is 2. The topological polar surface area (TPSA) is 38.0 Å². The largest absolute Gasteiger partial charge is 0.314 e. The molecule has 0 unspecified atom stereocenters. The van der Waals surface area contributed by atoms with Crippen molar-refractivity contribution in [2.75, 3.05) is 0 Å². The lowest BCUT2D eigenvalue weighted by Gasteiger charge is -2.06. The third kappa shape index (κ3) is 2.27. The summed E-state index contributed by atoms with van der Waals surface area (Å²) in [6.07, 6.45) is 0. The Hall–Kier alpha value is -1.71. The number of rotatable bonds is 2. The van der Waals surface area contributed by atoms with Crippen molar-refractivity contribution in [1.29, 1.82) is 0 Å². The summed E-state index contributed by atoms with van der Waals surface area (Å²) in [6, 6.07) is 18.2. The minimum atomic E-state index is 0.554. The molecule has 2 nitrogen and oxygen atoms in total. The highest BCUT2D eigenvalue weighted by molar-refractivity contribution is 7.80. The number of nitrogens with one attached hydrogen (secondary N) is 1. The molecule has 0 fully saturated rings. The molecule has 16 heavy (non-hydrogen) atoms. The Morgan fingerprint density at radius 3 is 2.31 bits per heavy atom. The van der Waals surface area contributed by atoms with Gasteiger partial charge in [0.15, 0.2) is 0 Å². The van der Waals surface area contributed by atoms with Gasteiger partial charge in [0.05, 0.1) is 0 Å². The van der Waals surface area contributed by atoms with Gasteiger partial charge in [-0.2, -0.15) is 0 Å². The zero-order valence-corrected chi connectivity index (χ0v) is 9.50. The Balaban J connectivity index is 2.40. The highest BCUT2D eigenvalue weighted by Crippen LogP contribution is 2.19. The molecule has 2 aromatic carbocycles. The van der Waals surface area contributed by atoms with Gasteiger partial charge in [0.1, 0.15) is 4.99 Å². The lowest BCUT2D eigenvalue weighted by molar-refractivity contribution is 1.05. The van der Waals surface area contributed by atoms with Crippen LogP contribution in [-0.4, -0.2) is 4.99 Å². The molecule has 0 amide bonds. The Kier molecular flexibility index (Phi) is 3.29. The molecule has 0 saturated carbocycles. The van der Waals surface area contributed by atoms with Crippen LogP contribution in [-0.2, 0) is 0 Å². The fraction of sp³-hybridized carbons (Fsp3) is 0. The predicted molar refractivity (Wildman–Crippen MR) is 70.9 cm³/mol. The SMILES string of the molecule is NNC(=S)c1cccc(-c2ccccc2)c1. The predicted octanol–water partition coefficient (Wildman–Crippen LogP) is 2.49. The summed E-state index contributed by atoms with van der Waals surface area (Å²) >= 11 is 5.10. The maximum absolute atomic E-state index is 5.30. The summed E-state index contributed by atoms with van der Waals surface area (Å²) < 4.78 is 0. The summed E-state index contributed by atoms with van der Waals surface area (Å²) in [5.74, 6) is 5.30. The normalized spacial score (nSPS) is 9.81. The second-order valence-electron chi connectivity index (χ2n) is 3.42. The molecule has 0 spiro atoms. The van der Waals surface area contributed by atoms with Crippen LogP contribution >= 0.6 is 12.2 Å². The second kappa shape index (κ2) is 4.88. The van der Waals surface area contributed by atoms with Crippen LogP contribution in [0.25, 0.3) is 11.1 Å². The summed E-state index contributed by atoms with van der Waals surface area (Å²) in [6.45, 7) is 0. The minimum absolute atomic E-state index is 0.554. The van der Waals surface area contributed by atoms with Gasteiger partial charge < -0.3 is 5.43 Å². The van der Waals surface area contributed by atoms with E-state index in [9.17, 15) is 0 Å². The van der Waals surface area contributed by atoms with Gasteiger partial charge in [-0.25, -0.2) is 5.84 Å². The summed E-state index contributed by atoms with van der Waals surface area (Å²) in [5, 5.41) is 0. The maximum Gasteiger partial charge on any atom is 0.120 e. The van der Waals surface area contributed by atoms with E-state index in [4.69, 9.17) is 18.1 Å². The number of hydrazine groups is 1. The van der Waals surface area contributed by atoms with E-state index in [0.717, 1.165) is 11.1 Å². The first-order valence-corrected chi connectivity index (χ1v) is 5.38. The zero-order chi connectivity index (χ0) is 11.4. The molecule has 0 saturated heterocycles. The Morgan fingerprint density at radius 2 is 1.62 bits per heavy atom. The van der Waals surface area contributed by atoms with Crippen molar-refractivity contribution in [1.82, 2.24) is 5.43 Å². The van der Waals surface area contributed by atoms with Crippen molar-refractivity contribution < 1.29 is 0 Å². The molecule has 0 aliphatic carbocycles. The van der Waals surface area contributed by atoms with E-state index >= 15 is 0 Å². The molecule has 0 aromatic heterocycles. The van der Waals surface area contributed by atoms with Gasteiger partial charge in [-0.05, 0) is 17.2 Å². The molecule has 3 heteroatoms. The van der Waals surface area contributed by atoms with E-state index < -0.39 is 0 Å². The van der Waals surface area contributed by atoms with Crippen LogP contribution in [0.2, 0.25) is 0 Å². The number of thiocarbonyl (C=S) groups is 1. The van der Waals surface area contributed by atoms with Gasteiger partial charge in [0.2, 0.25) is 0 Å². The quantitative estimate of drug-likeness (QED) is 0.471. The third-order valence-electron chi connectivity index (χ3n) is 2.36. The maximum atomic E-state index is 5.30. The van der Waals surface area contributed by atoms with E-state index in [1.54, 1.807) is 0 Å². The number of nitrogens with two attached hydrogens (primary N) is 1. The van der Waals surface area contributed by atoms with Crippen LogP contribution in [0.4, 0.5) is 0 Å². The molecule has 2 aromatic rings. The molecule has 0 aliphatic rings. The molecule has 0 radical (unpaired) electrons. The lowest BCUT2D eigenvalue weighted by atomic mass is 10.0. The smallest absolute Gasteiger partial charge is 0.120 e. The first-order chi connectivity index (χ1) is 7.81. The molecular weight excluding hydrogens is 216 g/mol. The van der Waals surface area contributed by atoms with E-state index in [0.29, 0.717) is 4.99 Å². The summed E-state index contributed by atoms with van der Waals surface area (Å²) in [5.41, 5.74) is 5.73. The molecule has 2 rings (SSSR count). The molecule has 3 N–H and O–H groups in total. The van der Waals surface area contributed by atoms with Crippen molar-refractivity contribution in [3.8, 4) is 11.1 Å². The van der Waals surface area contributed by atoms with E-state index in [1.165, 1.54) is 5.56 Å². The first-order valence-electron chi connectivity index (χ1n) is 4.97. The fourth-order valence-corrected chi connectivity index (χ4v) is 1.68. The highest BCUT2D eigenvalue weighted by atomic mass is 32.1. The van der Waals surface area contributed by atoms with Crippen LogP contribution in [0.5, 0.6) is 0 Å². The zero-order valence-electron chi connectivity index (χ0n) is 8.68. The van der Waals surface area contributed by atoms with Crippen molar-refractivity contribution in [2.24, 2.45) is 5.84 Å². The Labute approximate surface area is 100 Å². The average molecular weight is 228 g/mol. The monoisotopic (exact) mass is 228 g/mol. The van der Waals surface area contributed by atoms with Crippen molar-refractivity contribution >= 4 is 17.2 Å². The lowest BCUT2D eigenvalue weighted by Crippen LogP contribution is -2.28. The second-order valence-corrected chi connectivity index (χ2v) is 3.83. The standard InChI is InChI=1S/C13H12N2S/c14-15-13(16)12-8-4-7-11(9-12)10-5-2-1-3-6-10/h1-9H,14H2,(H,15,16). The summed E-state index contributed by atoms with van der Waals surface area (Å²) in [4.78, 5) is 0.554. The van der Waals surface area contributed by atoms with Crippen LogP contribution in [0.3, 0.4) is 0 Å². The van der Waals surface area contributed by atoms with Crippen LogP contribution in [0.1, 0.15) is 5.56 Å². The molecule has 0 aliphatic heterocycles. The third-order valence-corrected chi connectivity index (χ3v) is 2.72. The summed E-state index contributed by atoms with van der Waals surface area (Å²) in [7, 11) is 0. The van der Waals surface area contributed by atoms with Crippen molar-refractivity contribution in [3.63, 3.8) is 0 Å². The molecule has 80 valence electrons. The average Bonchev–Trinajstić information content (AvgIpc) is 2.39. The fourth-order valence-electron chi connectivity index (χ4n) is 1.55. The number of hydrogen-bond acceptors (Lipinski definition) is 2. The van der Waals surface area contributed by atoms with Gasteiger partial charge in [-0.3, -0.25) is 0 Å². The molecule has 0 heterocycles. The van der Waals surface area contributed by atoms with E-state index in [2.05, 4.69) is 23.6 Å². The van der Waals surface area contributed by atoms with Gasteiger partial charge in [-0.1, -0.05) is 60.7 Å². The van der Waals surface area contributed by atoms with E-state index in [-0.39, 0.29) is 0 Å².